The van der Waals surface area contributed by atoms with Gasteiger partial charge in [0.25, 0.3) is 0 Å². The maximum absolute atomic E-state index is 10.9. The lowest BCUT2D eigenvalue weighted by atomic mass is 10.4. The molecular formula is C7H12Cl2N2O2. The minimum absolute atomic E-state index is 0.370. The summed E-state index contributed by atoms with van der Waals surface area (Å²) in [6, 6.07) is 0. The van der Waals surface area contributed by atoms with Crippen LogP contribution in [0, 0.1) is 0 Å². The molecule has 0 aliphatic rings. The Kier molecular flexibility index (Phi) is 6.94. The van der Waals surface area contributed by atoms with Crippen LogP contribution in [-0.4, -0.2) is 41.5 Å². The van der Waals surface area contributed by atoms with E-state index in [-0.39, 0.29) is 0 Å². The highest BCUT2D eigenvalue weighted by Gasteiger charge is 2.11. The smallest absolute Gasteiger partial charge is 0.289 e. The first-order chi connectivity index (χ1) is 6.11. The number of carbonyl (C=O) groups is 2. The van der Waals surface area contributed by atoms with Crippen LogP contribution < -0.4 is 5.43 Å². The fraction of sp³-hybridized carbons (Fsp3) is 0.714. The number of hydrazine groups is 1. The van der Waals surface area contributed by atoms with Crippen LogP contribution in [0.1, 0.15) is 6.92 Å². The summed E-state index contributed by atoms with van der Waals surface area (Å²) in [4.78, 5) is 21.5. The minimum atomic E-state index is -0.643. The van der Waals surface area contributed by atoms with Crippen molar-refractivity contribution in [1.29, 1.82) is 0 Å². The summed E-state index contributed by atoms with van der Waals surface area (Å²) in [6.45, 7) is 2.13. The summed E-state index contributed by atoms with van der Waals surface area (Å²) in [5.74, 6) is -0.436. The van der Waals surface area contributed by atoms with Crippen molar-refractivity contribution in [3.8, 4) is 0 Å². The summed E-state index contributed by atoms with van der Waals surface area (Å²) in [6.07, 6.45) is 0. The molecule has 0 aliphatic carbocycles. The van der Waals surface area contributed by atoms with Crippen molar-refractivity contribution in [2.45, 2.75) is 6.92 Å². The Morgan fingerprint density at radius 3 is 2.00 bits per heavy atom. The fourth-order valence-electron chi connectivity index (χ4n) is 0.650. The molecule has 0 rings (SSSR count). The maximum atomic E-state index is 10.9. The van der Waals surface area contributed by atoms with Gasteiger partial charge >= 0.3 is 5.91 Å². The van der Waals surface area contributed by atoms with Gasteiger partial charge in [-0.2, -0.15) is 0 Å². The zero-order valence-electron chi connectivity index (χ0n) is 7.35. The van der Waals surface area contributed by atoms with Crippen LogP contribution in [0.15, 0.2) is 0 Å². The number of ketones is 1. The van der Waals surface area contributed by atoms with Gasteiger partial charge in [-0.3, -0.25) is 15.0 Å². The van der Waals surface area contributed by atoms with Crippen molar-refractivity contribution in [2.75, 3.05) is 24.8 Å². The SMILES string of the molecule is CC(=O)C(=O)NN(CCCl)CCCl. The molecule has 6 heteroatoms. The van der Waals surface area contributed by atoms with Crippen molar-refractivity contribution in [2.24, 2.45) is 0 Å². The number of amides is 1. The molecule has 0 fully saturated rings. The molecule has 76 valence electrons. The zero-order valence-corrected chi connectivity index (χ0v) is 8.86. The van der Waals surface area contributed by atoms with Gasteiger partial charge < -0.3 is 0 Å². The van der Waals surface area contributed by atoms with E-state index in [0.29, 0.717) is 24.8 Å². The predicted octanol–water partition coefficient (Wildman–Crippen LogP) is 0.386. The van der Waals surface area contributed by atoms with Gasteiger partial charge in [0.1, 0.15) is 0 Å². The number of carbonyl (C=O) groups excluding carboxylic acids is 2. The van der Waals surface area contributed by atoms with E-state index in [2.05, 4.69) is 5.43 Å². The Morgan fingerprint density at radius 1 is 1.23 bits per heavy atom. The Hall–Kier alpha value is -0.320. The molecule has 0 unspecified atom stereocenters. The average Bonchev–Trinajstić information content (AvgIpc) is 2.05. The third kappa shape index (κ3) is 5.85. The summed E-state index contributed by atoms with van der Waals surface area (Å²) in [7, 11) is 0. The van der Waals surface area contributed by atoms with E-state index in [0.717, 1.165) is 0 Å². The molecule has 0 radical (unpaired) electrons. The van der Waals surface area contributed by atoms with Gasteiger partial charge in [0.05, 0.1) is 0 Å². The highest BCUT2D eigenvalue weighted by Crippen LogP contribution is 1.88. The van der Waals surface area contributed by atoms with Crippen LogP contribution in [-0.2, 0) is 9.59 Å². The molecule has 0 aromatic rings. The fourth-order valence-corrected chi connectivity index (χ4v) is 1.06. The number of Topliss-reactive ketones (excluding diaryl/α,β-unsaturated/α-hetero) is 1. The van der Waals surface area contributed by atoms with Gasteiger partial charge in [-0.25, -0.2) is 5.01 Å². The van der Waals surface area contributed by atoms with E-state index in [1.54, 1.807) is 0 Å². The topological polar surface area (TPSA) is 49.4 Å². The van der Waals surface area contributed by atoms with Crippen LogP contribution in [0.2, 0.25) is 0 Å². The highest BCUT2D eigenvalue weighted by molar-refractivity contribution is 6.35. The maximum Gasteiger partial charge on any atom is 0.301 e. The monoisotopic (exact) mass is 226 g/mol. The Bertz CT molecular complexity index is 181. The van der Waals surface area contributed by atoms with Gasteiger partial charge in [0.2, 0.25) is 5.78 Å². The third-order valence-corrected chi connectivity index (χ3v) is 1.63. The second-order valence-electron chi connectivity index (χ2n) is 2.36. The average molecular weight is 227 g/mol. The van der Waals surface area contributed by atoms with Crippen molar-refractivity contribution in [1.82, 2.24) is 10.4 Å². The van der Waals surface area contributed by atoms with Crippen LogP contribution in [0.25, 0.3) is 0 Å². The molecule has 0 bridgehead atoms. The van der Waals surface area contributed by atoms with Gasteiger partial charge in [-0.15, -0.1) is 23.2 Å². The molecule has 13 heavy (non-hydrogen) atoms. The number of nitrogens with one attached hydrogen (secondary N) is 1. The molecule has 4 nitrogen and oxygen atoms in total. The lowest BCUT2D eigenvalue weighted by Gasteiger charge is -2.19. The van der Waals surface area contributed by atoms with Crippen LogP contribution in [0.4, 0.5) is 0 Å². The summed E-state index contributed by atoms with van der Waals surface area (Å²) in [5.41, 5.74) is 2.39. The molecule has 0 aromatic heterocycles. The predicted molar refractivity (Wildman–Crippen MR) is 51.8 cm³/mol. The number of halogens is 2. The first-order valence-corrected chi connectivity index (χ1v) is 4.87. The second-order valence-corrected chi connectivity index (χ2v) is 3.12. The quantitative estimate of drug-likeness (QED) is 0.405. The molecule has 1 N–H and O–H groups in total. The molecular weight excluding hydrogens is 215 g/mol. The van der Waals surface area contributed by atoms with E-state index in [4.69, 9.17) is 23.2 Å². The summed E-state index contributed by atoms with van der Waals surface area (Å²) in [5, 5.41) is 1.52. The van der Waals surface area contributed by atoms with Crippen LogP contribution in [0.5, 0.6) is 0 Å². The third-order valence-electron chi connectivity index (χ3n) is 1.29. The molecule has 1 amide bonds. The van der Waals surface area contributed by atoms with Gasteiger partial charge in [0, 0.05) is 31.8 Å². The van der Waals surface area contributed by atoms with Crippen LogP contribution >= 0.6 is 23.2 Å². The number of hydrogen-bond donors (Lipinski definition) is 1. The Morgan fingerprint density at radius 2 is 1.69 bits per heavy atom. The molecule has 0 heterocycles. The van der Waals surface area contributed by atoms with E-state index >= 15 is 0 Å². The Balaban J connectivity index is 3.93. The van der Waals surface area contributed by atoms with Crippen molar-refractivity contribution in [3.63, 3.8) is 0 Å². The number of hydrogen-bond acceptors (Lipinski definition) is 3. The van der Waals surface area contributed by atoms with Gasteiger partial charge in [-0.05, 0) is 0 Å². The normalized spacial score (nSPS) is 10.2. The number of rotatable bonds is 6. The lowest BCUT2D eigenvalue weighted by molar-refractivity contribution is -0.139. The summed E-state index contributed by atoms with van der Waals surface area (Å²) >= 11 is 10.9. The van der Waals surface area contributed by atoms with E-state index < -0.39 is 11.7 Å². The minimum Gasteiger partial charge on any atom is -0.289 e. The van der Waals surface area contributed by atoms with E-state index in [1.807, 2.05) is 0 Å². The molecule has 0 aromatic carbocycles. The molecule has 0 saturated heterocycles. The Labute approximate surface area is 87.1 Å². The first-order valence-electron chi connectivity index (χ1n) is 3.80. The van der Waals surface area contributed by atoms with Crippen LogP contribution in [0.3, 0.4) is 0 Å². The van der Waals surface area contributed by atoms with Crippen molar-refractivity contribution >= 4 is 34.9 Å². The van der Waals surface area contributed by atoms with Gasteiger partial charge in [-0.1, -0.05) is 0 Å². The van der Waals surface area contributed by atoms with Crippen molar-refractivity contribution in [3.05, 3.63) is 0 Å². The first kappa shape index (κ1) is 12.7. The van der Waals surface area contributed by atoms with E-state index in [1.165, 1.54) is 11.9 Å². The number of nitrogens with zero attached hydrogens (tertiary/aromatic N) is 1. The second kappa shape index (κ2) is 7.12. The molecule has 0 spiro atoms. The van der Waals surface area contributed by atoms with Crippen molar-refractivity contribution < 1.29 is 9.59 Å². The highest BCUT2D eigenvalue weighted by atomic mass is 35.5. The molecule has 0 saturated carbocycles. The van der Waals surface area contributed by atoms with E-state index in [9.17, 15) is 9.59 Å². The molecule has 0 aliphatic heterocycles. The van der Waals surface area contributed by atoms with Gasteiger partial charge in [0.15, 0.2) is 0 Å². The number of alkyl halides is 2. The largest absolute Gasteiger partial charge is 0.301 e. The standard InChI is InChI=1S/C7H12Cl2N2O2/c1-6(12)7(13)10-11(4-2-8)5-3-9/h2-5H2,1H3,(H,10,13). The summed E-state index contributed by atoms with van der Waals surface area (Å²) < 4.78 is 0. The molecule has 0 atom stereocenters. The lowest BCUT2D eigenvalue weighted by Crippen LogP contribution is -2.46. The zero-order chi connectivity index (χ0) is 10.3.